The van der Waals surface area contributed by atoms with Gasteiger partial charge in [0, 0.05) is 6.42 Å². The van der Waals surface area contributed by atoms with Crippen LogP contribution in [0.4, 0.5) is 0 Å². The first-order chi connectivity index (χ1) is 11.1. The lowest BCUT2D eigenvalue weighted by Crippen LogP contribution is -2.45. The zero-order valence-corrected chi connectivity index (χ0v) is 13.5. The maximum Gasteiger partial charge on any atom is 0.229 e. The van der Waals surface area contributed by atoms with Crippen LogP contribution in [-0.2, 0) is 22.4 Å². The Balaban J connectivity index is 1.67. The van der Waals surface area contributed by atoms with E-state index in [0.29, 0.717) is 6.42 Å². The lowest BCUT2D eigenvalue weighted by Gasteiger charge is -2.34. The van der Waals surface area contributed by atoms with Crippen molar-refractivity contribution in [2.45, 2.75) is 44.6 Å². The Kier molecular flexibility index (Phi) is 3.27. The molecule has 0 N–H and O–H groups in total. The number of hydrogen-bond donors (Lipinski definition) is 0. The molecular formula is C20H21NO2. The summed E-state index contributed by atoms with van der Waals surface area (Å²) in [5.74, 6) is 0.130. The molecule has 0 radical (unpaired) electrons. The minimum atomic E-state index is -0.561. The number of carbonyl (C=O) groups excluding carboxylic acids is 1. The number of nitrogens with zero attached hydrogens (tertiary/aromatic N) is 1. The summed E-state index contributed by atoms with van der Waals surface area (Å²) in [5, 5.41) is 0. The van der Waals surface area contributed by atoms with Crippen molar-refractivity contribution in [1.29, 1.82) is 0 Å². The molecule has 0 aromatic heterocycles. The van der Waals surface area contributed by atoms with Gasteiger partial charge in [-0.05, 0) is 30.5 Å². The molecule has 118 valence electrons. The van der Waals surface area contributed by atoms with Gasteiger partial charge in [-0.3, -0.25) is 4.79 Å². The molecule has 0 bridgehead atoms. The molecule has 3 nitrogen and oxygen atoms in total. The van der Waals surface area contributed by atoms with Gasteiger partial charge in [-0.15, -0.1) is 0 Å². The standard InChI is InChI=1S/C20H21NO2/c1-20(2)21(18(22)12-14-8-4-3-5-9-14)19-16-11-7-6-10-15(16)13-17(19)23-20/h3-11,17,19H,12-13H2,1-2H3/t17-,19+/m1/s1. The molecule has 1 heterocycles. The third-order valence-electron chi connectivity index (χ3n) is 4.91. The van der Waals surface area contributed by atoms with Gasteiger partial charge in [-0.25, -0.2) is 0 Å². The van der Waals surface area contributed by atoms with Crippen LogP contribution in [0.3, 0.4) is 0 Å². The fourth-order valence-electron chi connectivity index (χ4n) is 4.02. The Morgan fingerprint density at radius 1 is 1.13 bits per heavy atom. The molecular weight excluding hydrogens is 286 g/mol. The molecule has 0 saturated carbocycles. The highest BCUT2D eigenvalue weighted by Gasteiger charge is 2.53. The highest BCUT2D eigenvalue weighted by molar-refractivity contribution is 5.80. The zero-order chi connectivity index (χ0) is 16.0. The number of carbonyl (C=O) groups is 1. The Hall–Kier alpha value is -2.13. The second kappa shape index (κ2) is 5.20. The number of amides is 1. The van der Waals surface area contributed by atoms with Gasteiger partial charge in [0.05, 0.1) is 18.6 Å². The van der Waals surface area contributed by atoms with Crippen LogP contribution < -0.4 is 0 Å². The maximum absolute atomic E-state index is 13.0. The summed E-state index contributed by atoms with van der Waals surface area (Å²) in [6.45, 7) is 3.99. The number of rotatable bonds is 2. The average Bonchev–Trinajstić information content (AvgIpc) is 2.98. The largest absolute Gasteiger partial charge is 0.350 e. The molecule has 1 amide bonds. The normalized spacial score (nSPS) is 24.3. The van der Waals surface area contributed by atoms with E-state index in [1.165, 1.54) is 11.1 Å². The topological polar surface area (TPSA) is 29.5 Å². The van der Waals surface area contributed by atoms with E-state index in [1.807, 2.05) is 55.1 Å². The predicted molar refractivity (Wildman–Crippen MR) is 88.8 cm³/mol. The van der Waals surface area contributed by atoms with E-state index in [-0.39, 0.29) is 18.1 Å². The molecule has 2 atom stereocenters. The van der Waals surface area contributed by atoms with Gasteiger partial charge >= 0.3 is 0 Å². The first-order valence-electron chi connectivity index (χ1n) is 8.18. The fraction of sp³-hybridized carbons (Fsp3) is 0.350. The summed E-state index contributed by atoms with van der Waals surface area (Å²) < 4.78 is 6.23. The Labute approximate surface area is 136 Å². The molecule has 2 aromatic rings. The Morgan fingerprint density at radius 2 is 1.83 bits per heavy atom. The van der Waals surface area contributed by atoms with Crippen molar-refractivity contribution < 1.29 is 9.53 Å². The highest BCUT2D eigenvalue weighted by atomic mass is 16.5. The molecule has 2 aromatic carbocycles. The molecule has 1 saturated heterocycles. The smallest absolute Gasteiger partial charge is 0.229 e. The third kappa shape index (κ3) is 2.36. The van der Waals surface area contributed by atoms with Crippen LogP contribution in [0.25, 0.3) is 0 Å². The quantitative estimate of drug-likeness (QED) is 0.850. The SMILES string of the molecule is CC1(C)O[C@@H]2Cc3ccccc3[C@@H]2N1C(=O)Cc1ccccc1. The molecule has 1 aliphatic heterocycles. The van der Waals surface area contributed by atoms with Gasteiger partial charge in [0.2, 0.25) is 5.91 Å². The van der Waals surface area contributed by atoms with E-state index in [4.69, 9.17) is 4.74 Å². The van der Waals surface area contributed by atoms with E-state index in [0.717, 1.165) is 12.0 Å². The number of fused-ring (bicyclic) bond motifs is 3. The van der Waals surface area contributed by atoms with Crippen LogP contribution in [0.5, 0.6) is 0 Å². The Bertz CT molecular complexity index is 738. The molecule has 0 unspecified atom stereocenters. The van der Waals surface area contributed by atoms with Crippen LogP contribution in [0.15, 0.2) is 54.6 Å². The molecule has 1 fully saturated rings. The summed E-state index contributed by atoms with van der Waals surface area (Å²) in [7, 11) is 0. The molecule has 23 heavy (non-hydrogen) atoms. The minimum absolute atomic E-state index is 0.0393. The van der Waals surface area contributed by atoms with Crippen molar-refractivity contribution in [2.24, 2.45) is 0 Å². The summed E-state index contributed by atoms with van der Waals surface area (Å²) in [6, 6.07) is 18.3. The van der Waals surface area contributed by atoms with E-state index in [2.05, 4.69) is 18.2 Å². The summed E-state index contributed by atoms with van der Waals surface area (Å²) in [4.78, 5) is 15.0. The predicted octanol–water partition coefficient (Wildman–Crippen LogP) is 3.49. The van der Waals surface area contributed by atoms with Crippen LogP contribution in [0.1, 0.15) is 36.6 Å². The highest BCUT2D eigenvalue weighted by Crippen LogP contribution is 2.48. The first kappa shape index (κ1) is 14.5. The molecule has 4 rings (SSSR count). The summed E-state index contributed by atoms with van der Waals surface area (Å²) in [6.07, 6.45) is 1.38. The van der Waals surface area contributed by atoms with Gasteiger partial charge in [0.1, 0.15) is 5.72 Å². The van der Waals surface area contributed by atoms with Crippen LogP contribution in [0.2, 0.25) is 0 Å². The lowest BCUT2D eigenvalue weighted by atomic mass is 10.0. The third-order valence-corrected chi connectivity index (χ3v) is 4.91. The second-order valence-corrected chi connectivity index (χ2v) is 6.88. The van der Waals surface area contributed by atoms with E-state index >= 15 is 0 Å². The van der Waals surface area contributed by atoms with Crippen molar-refractivity contribution in [2.75, 3.05) is 0 Å². The van der Waals surface area contributed by atoms with Crippen molar-refractivity contribution in [3.63, 3.8) is 0 Å². The van der Waals surface area contributed by atoms with E-state index in [9.17, 15) is 4.79 Å². The lowest BCUT2D eigenvalue weighted by molar-refractivity contribution is -0.147. The van der Waals surface area contributed by atoms with Gasteiger partial charge in [0.15, 0.2) is 0 Å². The summed E-state index contributed by atoms with van der Waals surface area (Å²) >= 11 is 0. The van der Waals surface area contributed by atoms with Crippen molar-refractivity contribution in [3.8, 4) is 0 Å². The van der Waals surface area contributed by atoms with Gasteiger partial charge < -0.3 is 9.64 Å². The van der Waals surface area contributed by atoms with E-state index in [1.54, 1.807) is 0 Å². The molecule has 1 aliphatic carbocycles. The van der Waals surface area contributed by atoms with Crippen molar-refractivity contribution in [3.05, 3.63) is 71.3 Å². The number of ether oxygens (including phenoxy) is 1. The van der Waals surface area contributed by atoms with E-state index < -0.39 is 5.72 Å². The van der Waals surface area contributed by atoms with Gasteiger partial charge in [-0.1, -0.05) is 54.6 Å². The van der Waals surface area contributed by atoms with Crippen LogP contribution in [0, 0.1) is 0 Å². The first-order valence-corrected chi connectivity index (χ1v) is 8.18. The average molecular weight is 307 g/mol. The second-order valence-electron chi connectivity index (χ2n) is 6.88. The maximum atomic E-state index is 13.0. The summed E-state index contributed by atoms with van der Waals surface area (Å²) in [5.41, 5.74) is 3.03. The molecule has 0 spiro atoms. The van der Waals surface area contributed by atoms with Crippen molar-refractivity contribution in [1.82, 2.24) is 4.90 Å². The fourth-order valence-corrected chi connectivity index (χ4v) is 4.02. The molecule has 2 aliphatic rings. The minimum Gasteiger partial charge on any atom is -0.350 e. The number of benzene rings is 2. The zero-order valence-electron chi connectivity index (χ0n) is 13.5. The Morgan fingerprint density at radius 3 is 2.61 bits per heavy atom. The van der Waals surface area contributed by atoms with Crippen molar-refractivity contribution >= 4 is 5.91 Å². The van der Waals surface area contributed by atoms with Crippen LogP contribution >= 0.6 is 0 Å². The monoisotopic (exact) mass is 307 g/mol. The van der Waals surface area contributed by atoms with Gasteiger partial charge in [0.25, 0.3) is 0 Å². The molecule has 3 heteroatoms. The number of hydrogen-bond acceptors (Lipinski definition) is 2. The van der Waals surface area contributed by atoms with Crippen LogP contribution in [-0.4, -0.2) is 22.6 Å². The van der Waals surface area contributed by atoms with Gasteiger partial charge in [-0.2, -0.15) is 0 Å².